The second-order valence-electron chi connectivity index (χ2n) is 5.10. The van der Waals surface area contributed by atoms with E-state index in [1.54, 1.807) is 0 Å². The van der Waals surface area contributed by atoms with Crippen LogP contribution in [0.15, 0.2) is 5.18 Å². The first-order valence-electron chi connectivity index (χ1n) is 5.98. The molecule has 5 unspecified atom stereocenters. The third-order valence-corrected chi connectivity index (χ3v) is 4.35. The summed E-state index contributed by atoms with van der Waals surface area (Å²) in [5.41, 5.74) is 6.09. The molecule has 0 aromatic heterocycles. The molecule has 4 nitrogen and oxygen atoms in total. The fourth-order valence-corrected chi connectivity index (χ4v) is 3.33. The molecule has 0 aliphatic heterocycles. The van der Waals surface area contributed by atoms with Crippen LogP contribution in [0.3, 0.4) is 0 Å². The average Bonchev–Trinajstić information content (AvgIpc) is 2.55. The van der Waals surface area contributed by atoms with Crippen LogP contribution in [0.5, 0.6) is 0 Å². The first kappa shape index (κ1) is 11.0. The van der Waals surface area contributed by atoms with Crippen LogP contribution in [0.1, 0.15) is 38.5 Å². The van der Waals surface area contributed by atoms with Gasteiger partial charge in [0.2, 0.25) is 0 Å². The Morgan fingerprint density at radius 2 is 1.67 bits per heavy atom. The predicted molar refractivity (Wildman–Crippen MR) is 57.9 cm³/mol. The number of nitrogens with zero attached hydrogens (tertiary/aromatic N) is 1. The van der Waals surface area contributed by atoms with Gasteiger partial charge < -0.3 is 10.8 Å². The summed E-state index contributed by atoms with van der Waals surface area (Å²) < 4.78 is 0. The van der Waals surface area contributed by atoms with Gasteiger partial charge in [-0.2, -0.15) is 0 Å². The van der Waals surface area contributed by atoms with Crippen LogP contribution >= 0.6 is 0 Å². The van der Waals surface area contributed by atoms with Crippen LogP contribution in [0.4, 0.5) is 0 Å². The minimum atomic E-state index is -0.997. The van der Waals surface area contributed by atoms with Crippen LogP contribution in [-0.4, -0.2) is 17.4 Å². The van der Waals surface area contributed by atoms with Gasteiger partial charge >= 0.3 is 0 Å². The maximum atomic E-state index is 10.4. The molecule has 5 atom stereocenters. The summed E-state index contributed by atoms with van der Waals surface area (Å²) in [7, 11) is 0. The van der Waals surface area contributed by atoms with E-state index in [2.05, 4.69) is 5.18 Å². The lowest BCUT2D eigenvalue weighted by atomic mass is 9.81. The van der Waals surface area contributed by atoms with Gasteiger partial charge in [-0.15, -0.1) is 4.91 Å². The Morgan fingerprint density at radius 3 is 2.40 bits per heavy atom. The molecule has 0 amide bonds. The molecule has 0 saturated heterocycles. The molecule has 15 heavy (non-hydrogen) atoms. The fraction of sp³-hybridized carbons (Fsp3) is 1.00. The zero-order chi connectivity index (χ0) is 10.8. The van der Waals surface area contributed by atoms with Crippen LogP contribution < -0.4 is 5.73 Å². The summed E-state index contributed by atoms with van der Waals surface area (Å²) in [6, 6.07) is 0.331. The Labute approximate surface area is 90.2 Å². The topological polar surface area (TPSA) is 75.7 Å². The maximum Gasteiger partial charge on any atom is 0.190 e. The van der Waals surface area contributed by atoms with Gasteiger partial charge in [0.25, 0.3) is 0 Å². The molecule has 4 heteroatoms. The van der Waals surface area contributed by atoms with Crippen molar-refractivity contribution in [3.63, 3.8) is 0 Å². The van der Waals surface area contributed by atoms with Crippen molar-refractivity contribution in [3.8, 4) is 0 Å². The predicted octanol–water partition coefficient (Wildman–Crippen LogP) is 1.61. The van der Waals surface area contributed by atoms with Crippen LogP contribution in [0.25, 0.3) is 0 Å². The van der Waals surface area contributed by atoms with Crippen molar-refractivity contribution < 1.29 is 5.11 Å². The molecule has 0 radical (unpaired) electrons. The number of aliphatic hydroxyl groups is 1. The van der Waals surface area contributed by atoms with E-state index in [-0.39, 0.29) is 5.92 Å². The van der Waals surface area contributed by atoms with Crippen molar-refractivity contribution >= 4 is 0 Å². The van der Waals surface area contributed by atoms with Crippen LogP contribution in [0, 0.1) is 22.7 Å². The Balaban J connectivity index is 2.09. The van der Waals surface area contributed by atoms with Gasteiger partial charge in [0.15, 0.2) is 6.23 Å². The van der Waals surface area contributed by atoms with E-state index in [4.69, 9.17) is 5.73 Å². The number of nitrogens with two attached hydrogens (primary N) is 1. The molecule has 2 fully saturated rings. The number of hydrogen-bond acceptors (Lipinski definition) is 4. The highest BCUT2D eigenvalue weighted by atomic mass is 16.3. The Bertz CT molecular complexity index is 233. The van der Waals surface area contributed by atoms with Gasteiger partial charge in [0.1, 0.15) is 0 Å². The quantitative estimate of drug-likeness (QED) is 0.683. The highest BCUT2D eigenvalue weighted by molar-refractivity contribution is 4.88. The summed E-state index contributed by atoms with van der Waals surface area (Å²) in [4.78, 5) is 10.4. The van der Waals surface area contributed by atoms with E-state index in [9.17, 15) is 10.0 Å². The lowest BCUT2D eigenvalue weighted by molar-refractivity contribution is 0.0657. The molecular weight excluding hydrogens is 192 g/mol. The van der Waals surface area contributed by atoms with Crippen molar-refractivity contribution in [2.75, 3.05) is 0 Å². The Morgan fingerprint density at radius 1 is 1.07 bits per heavy atom. The second kappa shape index (κ2) is 4.58. The fourth-order valence-electron chi connectivity index (χ4n) is 3.33. The molecule has 2 saturated carbocycles. The largest absolute Gasteiger partial charge is 0.369 e. The van der Waals surface area contributed by atoms with E-state index in [0.717, 1.165) is 38.5 Å². The van der Waals surface area contributed by atoms with Crippen molar-refractivity contribution in [2.45, 2.75) is 50.8 Å². The molecule has 2 bridgehead atoms. The molecule has 2 aliphatic rings. The van der Waals surface area contributed by atoms with Gasteiger partial charge in [-0.1, -0.05) is 0 Å². The number of fused-ring (bicyclic) bond motifs is 3. The molecule has 2 aliphatic carbocycles. The Kier molecular flexibility index (Phi) is 3.36. The number of aliphatic hydroxyl groups excluding tert-OH is 1. The van der Waals surface area contributed by atoms with E-state index in [1.807, 2.05) is 0 Å². The van der Waals surface area contributed by atoms with Crippen molar-refractivity contribution in [2.24, 2.45) is 28.7 Å². The van der Waals surface area contributed by atoms with Gasteiger partial charge in [-0.3, -0.25) is 0 Å². The van der Waals surface area contributed by atoms with E-state index >= 15 is 0 Å². The van der Waals surface area contributed by atoms with Crippen molar-refractivity contribution in [3.05, 3.63) is 4.91 Å². The molecule has 2 rings (SSSR count). The lowest BCUT2D eigenvalue weighted by Crippen LogP contribution is -2.32. The monoisotopic (exact) mass is 212 g/mol. The van der Waals surface area contributed by atoms with Gasteiger partial charge in [-0.25, -0.2) is 0 Å². The maximum absolute atomic E-state index is 10.4. The molecule has 0 aromatic rings. The van der Waals surface area contributed by atoms with Gasteiger partial charge in [0.05, 0.1) is 0 Å². The van der Waals surface area contributed by atoms with E-state index < -0.39 is 6.23 Å². The highest BCUT2D eigenvalue weighted by Crippen LogP contribution is 2.41. The zero-order valence-corrected chi connectivity index (χ0v) is 9.01. The van der Waals surface area contributed by atoms with E-state index in [0.29, 0.717) is 17.9 Å². The normalized spacial score (nSPS) is 43.1. The third kappa shape index (κ3) is 2.21. The minimum absolute atomic E-state index is 0.0833. The van der Waals surface area contributed by atoms with Crippen molar-refractivity contribution in [1.29, 1.82) is 0 Å². The molecule has 3 N–H and O–H groups in total. The summed E-state index contributed by atoms with van der Waals surface area (Å²) in [5, 5.41) is 12.4. The SMILES string of the molecule is NC1CCC2CCC1CCC2C(O)N=O. The van der Waals surface area contributed by atoms with Gasteiger partial charge in [0, 0.05) is 12.0 Å². The molecule has 0 spiro atoms. The summed E-state index contributed by atoms with van der Waals surface area (Å²) >= 11 is 0. The summed E-state index contributed by atoms with van der Waals surface area (Å²) in [6.07, 6.45) is 5.32. The first-order chi connectivity index (χ1) is 7.22. The van der Waals surface area contributed by atoms with E-state index in [1.165, 1.54) is 0 Å². The van der Waals surface area contributed by atoms with Crippen molar-refractivity contribution in [1.82, 2.24) is 0 Å². The smallest absolute Gasteiger partial charge is 0.190 e. The number of hydrogen-bond donors (Lipinski definition) is 2. The standard InChI is InChI=1S/C11H20N2O2/c12-10-6-4-7-1-2-8(10)3-5-9(7)11(14)13-15/h7-11,14H,1-6,12H2. The van der Waals surface area contributed by atoms with Gasteiger partial charge in [-0.05, 0) is 55.5 Å². The first-order valence-corrected chi connectivity index (χ1v) is 5.98. The Hall–Kier alpha value is -0.480. The molecule has 0 aromatic carbocycles. The summed E-state index contributed by atoms with van der Waals surface area (Å²) in [5.74, 6) is 1.13. The molecule has 0 heterocycles. The highest BCUT2D eigenvalue weighted by Gasteiger charge is 2.37. The molecule has 86 valence electrons. The number of rotatable bonds is 2. The average molecular weight is 212 g/mol. The summed E-state index contributed by atoms with van der Waals surface area (Å²) in [6.45, 7) is 0. The van der Waals surface area contributed by atoms with Crippen LogP contribution in [0.2, 0.25) is 0 Å². The number of nitroso groups, excluding NO2 is 1. The third-order valence-electron chi connectivity index (χ3n) is 4.35. The molecular formula is C11H20N2O2. The van der Waals surface area contributed by atoms with Crippen LogP contribution in [-0.2, 0) is 0 Å². The minimum Gasteiger partial charge on any atom is -0.369 e. The lowest BCUT2D eigenvalue weighted by Gasteiger charge is -2.28. The zero-order valence-electron chi connectivity index (χ0n) is 9.01. The second-order valence-corrected chi connectivity index (χ2v) is 5.10.